The maximum Gasteiger partial charge on any atom is 0.234 e. The van der Waals surface area contributed by atoms with Crippen molar-refractivity contribution in [1.29, 1.82) is 0 Å². The van der Waals surface area contributed by atoms with Crippen LogP contribution in [0.5, 0.6) is 0 Å². The summed E-state index contributed by atoms with van der Waals surface area (Å²) in [5, 5.41) is 12.9. The number of hydrogen-bond donors (Lipinski definition) is 4. The monoisotopic (exact) mass is 889 g/mol. The molecule has 13 heteroatoms. The quantitative estimate of drug-likeness (QED) is 0.193. The molecule has 51 heavy (non-hydrogen) atoms. The fourth-order valence-corrected chi connectivity index (χ4v) is 6.74. The van der Waals surface area contributed by atoms with E-state index in [0.29, 0.717) is 52.4 Å². The molecule has 0 bridgehead atoms. The summed E-state index contributed by atoms with van der Waals surface area (Å²) in [7, 11) is 0. The lowest BCUT2D eigenvalue weighted by Gasteiger charge is -2.31. The van der Waals surface area contributed by atoms with Crippen LogP contribution >= 0.6 is 47.8 Å². The topological polar surface area (TPSA) is 109 Å². The van der Waals surface area contributed by atoms with E-state index < -0.39 is 0 Å². The molecule has 1 heterocycles. The van der Waals surface area contributed by atoms with Crippen LogP contribution in [-0.2, 0) is 14.4 Å². The van der Waals surface area contributed by atoms with Gasteiger partial charge in [-0.05, 0) is 73.9 Å². The number of benzene rings is 3. The largest absolute Gasteiger partial charge is 0.348 e. The summed E-state index contributed by atoms with van der Waals surface area (Å²) in [4.78, 5) is 46.2. The SMILES string of the molecule is C[C@H](NC(=O)CN1CCNCCN(CC(=O)N[C@@H](C)c2ccc(Br)cc2)CCN(CC(=O)N[C@@H](C)c2ccc(Br)cc2)CC1)c1ccc(Br)cc1. The number of carbonyl (C=O) groups excluding carboxylic acids is 3. The van der Waals surface area contributed by atoms with Crippen LogP contribution in [0.2, 0.25) is 0 Å². The van der Waals surface area contributed by atoms with E-state index in [9.17, 15) is 14.4 Å². The highest BCUT2D eigenvalue weighted by Crippen LogP contribution is 2.19. The molecule has 1 fully saturated rings. The standard InChI is InChI=1S/C38H50Br3N7O3/c1-27(30-4-10-33(39)11-5-30)43-36(49)24-46-18-16-42-17-19-47(25-37(50)44-28(2)31-6-12-34(40)13-7-31)21-23-48(22-20-46)26-38(51)45-29(3)32-8-14-35(41)15-9-32/h4-15,27-29,42H,16-26H2,1-3H3,(H,43,49)(H,44,50)(H,45,51)/t27-,28-,29-/m0/s1. The summed E-state index contributed by atoms with van der Waals surface area (Å²) >= 11 is 10.4. The van der Waals surface area contributed by atoms with Gasteiger partial charge in [-0.3, -0.25) is 29.1 Å². The van der Waals surface area contributed by atoms with Gasteiger partial charge >= 0.3 is 0 Å². The summed E-state index contributed by atoms with van der Waals surface area (Å²) in [6.45, 7) is 11.8. The van der Waals surface area contributed by atoms with Crippen molar-refractivity contribution >= 4 is 65.5 Å². The number of hydrogen-bond acceptors (Lipinski definition) is 7. The first-order chi connectivity index (χ1) is 24.4. The van der Waals surface area contributed by atoms with E-state index in [4.69, 9.17) is 0 Å². The van der Waals surface area contributed by atoms with Crippen molar-refractivity contribution in [3.05, 3.63) is 103 Å². The van der Waals surface area contributed by atoms with Gasteiger partial charge in [-0.15, -0.1) is 0 Å². The molecule has 1 aliphatic rings. The lowest BCUT2D eigenvalue weighted by molar-refractivity contribution is -0.125. The molecule has 0 radical (unpaired) electrons. The Morgan fingerprint density at radius 2 is 0.765 bits per heavy atom. The zero-order valence-corrected chi connectivity index (χ0v) is 34.4. The fraction of sp³-hybridized carbons (Fsp3) is 0.447. The minimum Gasteiger partial charge on any atom is -0.348 e. The molecule has 10 nitrogen and oxygen atoms in total. The first-order valence-corrected chi connectivity index (χ1v) is 19.9. The Morgan fingerprint density at radius 1 is 0.510 bits per heavy atom. The highest BCUT2D eigenvalue weighted by molar-refractivity contribution is 9.11. The second-order valence-corrected chi connectivity index (χ2v) is 15.8. The third kappa shape index (κ3) is 14.7. The average molecular weight is 893 g/mol. The predicted octanol–water partition coefficient (Wildman–Crippen LogP) is 5.42. The Bertz CT molecular complexity index is 1460. The summed E-state index contributed by atoms with van der Waals surface area (Å²) < 4.78 is 2.98. The van der Waals surface area contributed by atoms with E-state index in [1.807, 2.05) is 93.6 Å². The first-order valence-electron chi connectivity index (χ1n) is 17.5. The maximum atomic E-state index is 13.4. The highest BCUT2D eigenvalue weighted by Gasteiger charge is 2.21. The molecular formula is C38H50Br3N7O3. The van der Waals surface area contributed by atoms with Gasteiger partial charge < -0.3 is 21.3 Å². The molecule has 0 aliphatic carbocycles. The van der Waals surface area contributed by atoms with Crippen LogP contribution in [0.1, 0.15) is 55.6 Å². The lowest BCUT2D eigenvalue weighted by Crippen LogP contribution is -2.50. The molecule has 1 saturated heterocycles. The number of rotatable bonds is 12. The molecule has 3 atom stereocenters. The summed E-state index contributed by atoms with van der Waals surface area (Å²) in [5.74, 6) is -0.154. The van der Waals surface area contributed by atoms with Crippen molar-refractivity contribution in [2.24, 2.45) is 0 Å². The molecule has 0 saturated carbocycles. The lowest BCUT2D eigenvalue weighted by atomic mass is 10.1. The second kappa shape index (κ2) is 21.2. The number of nitrogens with zero attached hydrogens (tertiary/aromatic N) is 3. The molecule has 3 aromatic rings. The number of carbonyl (C=O) groups is 3. The fourth-order valence-electron chi connectivity index (χ4n) is 5.95. The molecule has 0 spiro atoms. The molecular weight excluding hydrogens is 842 g/mol. The van der Waals surface area contributed by atoms with Gasteiger partial charge in [0.05, 0.1) is 37.8 Å². The smallest absolute Gasteiger partial charge is 0.234 e. The zero-order valence-electron chi connectivity index (χ0n) is 29.6. The first kappa shape index (κ1) is 41.1. The van der Waals surface area contributed by atoms with Gasteiger partial charge in [0, 0.05) is 65.8 Å². The normalized spacial score (nSPS) is 17.3. The summed E-state index contributed by atoms with van der Waals surface area (Å²) in [6, 6.07) is 23.5. The number of amides is 3. The van der Waals surface area contributed by atoms with Crippen molar-refractivity contribution in [1.82, 2.24) is 36.0 Å². The van der Waals surface area contributed by atoms with Gasteiger partial charge in [-0.25, -0.2) is 0 Å². The molecule has 4 N–H and O–H groups in total. The Morgan fingerprint density at radius 3 is 1.04 bits per heavy atom. The molecule has 3 amide bonds. The van der Waals surface area contributed by atoms with Gasteiger partial charge in [-0.1, -0.05) is 84.2 Å². The van der Waals surface area contributed by atoms with Crippen LogP contribution in [0.3, 0.4) is 0 Å². The van der Waals surface area contributed by atoms with E-state index in [0.717, 1.165) is 30.1 Å². The minimum atomic E-state index is -0.148. The van der Waals surface area contributed by atoms with E-state index in [-0.39, 0.29) is 55.5 Å². The molecule has 0 unspecified atom stereocenters. The molecule has 0 aromatic heterocycles. The van der Waals surface area contributed by atoms with Crippen LogP contribution in [0.4, 0.5) is 0 Å². The second-order valence-electron chi connectivity index (χ2n) is 13.1. The predicted molar refractivity (Wildman–Crippen MR) is 214 cm³/mol. The van der Waals surface area contributed by atoms with Gasteiger partial charge in [0.15, 0.2) is 0 Å². The Kier molecular flexibility index (Phi) is 17.0. The molecule has 1 aliphatic heterocycles. The van der Waals surface area contributed by atoms with E-state index in [1.54, 1.807) is 0 Å². The van der Waals surface area contributed by atoms with Gasteiger partial charge in [0.25, 0.3) is 0 Å². The van der Waals surface area contributed by atoms with E-state index >= 15 is 0 Å². The highest BCUT2D eigenvalue weighted by atomic mass is 79.9. The Hall–Kier alpha value is -2.65. The summed E-state index contributed by atoms with van der Waals surface area (Å²) in [6.07, 6.45) is 0. The minimum absolute atomic E-state index is 0.0420. The van der Waals surface area contributed by atoms with Crippen molar-refractivity contribution in [3.8, 4) is 0 Å². The summed E-state index contributed by atoms with van der Waals surface area (Å²) in [5.41, 5.74) is 3.10. The van der Waals surface area contributed by atoms with E-state index in [1.165, 1.54) is 0 Å². The van der Waals surface area contributed by atoms with Crippen LogP contribution < -0.4 is 21.3 Å². The maximum absolute atomic E-state index is 13.4. The zero-order chi connectivity index (χ0) is 36.8. The average Bonchev–Trinajstić information content (AvgIpc) is 3.08. The van der Waals surface area contributed by atoms with Crippen molar-refractivity contribution in [3.63, 3.8) is 0 Å². The van der Waals surface area contributed by atoms with Crippen LogP contribution in [-0.4, -0.2) is 104 Å². The van der Waals surface area contributed by atoms with E-state index in [2.05, 4.69) is 83.8 Å². The third-order valence-corrected chi connectivity index (χ3v) is 10.6. The molecule has 4 rings (SSSR count). The number of nitrogens with one attached hydrogen (secondary N) is 4. The van der Waals surface area contributed by atoms with Gasteiger partial charge in [-0.2, -0.15) is 0 Å². The van der Waals surface area contributed by atoms with Crippen LogP contribution in [0, 0.1) is 0 Å². The van der Waals surface area contributed by atoms with Crippen LogP contribution in [0.15, 0.2) is 86.2 Å². The van der Waals surface area contributed by atoms with Gasteiger partial charge in [0.1, 0.15) is 0 Å². The van der Waals surface area contributed by atoms with Gasteiger partial charge in [0.2, 0.25) is 17.7 Å². The molecule has 276 valence electrons. The molecule has 3 aromatic carbocycles. The van der Waals surface area contributed by atoms with Crippen molar-refractivity contribution in [2.75, 3.05) is 72.0 Å². The van der Waals surface area contributed by atoms with Crippen LogP contribution in [0.25, 0.3) is 0 Å². The Labute approximate surface area is 327 Å². The van der Waals surface area contributed by atoms with Crippen molar-refractivity contribution in [2.45, 2.75) is 38.9 Å². The van der Waals surface area contributed by atoms with Crippen molar-refractivity contribution < 1.29 is 14.4 Å². The Balaban J connectivity index is 1.39. The number of halogens is 3. The third-order valence-electron chi connectivity index (χ3n) is 9.02.